The number of hydrogen-bond donors (Lipinski definition) is 4. The number of aliphatic imine (C=N–C) groups is 1. The van der Waals surface area contributed by atoms with Crippen LogP contribution in [0.3, 0.4) is 0 Å². The van der Waals surface area contributed by atoms with Gasteiger partial charge in [0.05, 0.1) is 6.20 Å². The molecule has 0 aromatic carbocycles. The summed E-state index contributed by atoms with van der Waals surface area (Å²) in [6.45, 7) is 0.571. The number of quaternary nitrogens is 1. The van der Waals surface area contributed by atoms with Crippen molar-refractivity contribution in [2.75, 3.05) is 6.54 Å². The first-order valence-electron chi connectivity index (χ1n) is 3.57. The molecule has 0 saturated heterocycles. The number of nitrogens with zero attached hydrogens (tertiary/aromatic N) is 2. The van der Waals surface area contributed by atoms with E-state index in [9.17, 15) is 0 Å². The molecule has 0 saturated carbocycles. The van der Waals surface area contributed by atoms with Gasteiger partial charge in [-0.25, -0.2) is 10.7 Å². The van der Waals surface area contributed by atoms with Crippen LogP contribution >= 0.6 is 0 Å². The van der Waals surface area contributed by atoms with Crippen LogP contribution in [0.25, 0.3) is 0 Å². The second kappa shape index (κ2) is 2.23. The molecule has 7 N–H and O–H groups in total. The lowest BCUT2D eigenvalue weighted by Crippen LogP contribution is -3.09. The highest BCUT2D eigenvalue weighted by atomic mass is 15.4. The Bertz CT molecular complexity index is 301. The second-order valence-electron chi connectivity index (χ2n) is 2.79. The Labute approximate surface area is 69.6 Å². The minimum Gasteiger partial charge on any atom is -0.379 e. The molecule has 64 valence electrons. The molecule has 2 heterocycles. The predicted octanol–water partition coefficient (Wildman–Crippen LogP) is -3.01. The van der Waals surface area contributed by atoms with Gasteiger partial charge in [0, 0.05) is 0 Å². The lowest BCUT2D eigenvalue weighted by Gasteiger charge is -2.23. The first-order chi connectivity index (χ1) is 5.68. The summed E-state index contributed by atoms with van der Waals surface area (Å²) in [6.07, 6.45) is 3.34. The highest BCUT2D eigenvalue weighted by Gasteiger charge is 2.30. The maximum absolute atomic E-state index is 5.69. The van der Waals surface area contributed by atoms with Crippen LogP contribution in [0.1, 0.15) is 0 Å². The average molecular weight is 167 g/mol. The Kier molecular flexibility index (Phi) is 1.32. The molecular formula is C6H11N6+. The summed E-state index contributed by atoms with van der Waals surface area (Å²) in [6, 6.07) is 0. The number of nitrogens with one attached hydrogen (secondary N) is 1. The summed E-state index contributed by atoms with van der Waals surface area (Å²) >= 11 is 0. The van der Waals surface area contributed by atoms with E-state index in [1.54, 1.807) is 12.5 Å². The average Bonchev–Trinajstić information content (AvgIpc) is 2.33. The van der Waals surface area contributed by atoms with Crippen molar-refractivity contribution >= 4 is 6.34 Å². The highest BCUT2D eigenvalue weighted by molar-refractivity contribution is 5.53. The molecular weight excluding hydrogens is 156 g/mol. The van der Waals surface area contributed by atoms with Crippen molar-refractivity contribution in [1.29, 1.82) is 0 Å². The molecule has 0 fully saturated rings. The Hall–Kier alpha value is -1.53. The van der Waals surface area contributed by atoms with Crippen molar-refractivity contribution in [1.82, 2.24) is 5.01 Å². The standard InChI is InChI=1S/C6H10N6/c7-5-2-11(9)1-4-6(8)10-3-12(4)5/h2-3H,1,7-9H2/p+1. The zero-order valence-corrected chi connectivity index (χ0v) is 6.49. The van der Waals surface area contributed by atoms with Crippen molar-refractivity contribution in [3.63, 3.8) is 0 Å². The first kappa shape index (κ1) is 7.14. The van der Waals surface area contributed by atoms with Crippen LogP contribution in [0.4, 0.5) is 0 Å². The van der Waals surface area contributed by atoms with E-state index in [2.05, 4.69) is 4.99 Å². The van der Waals surface area contributed by atoms with Crippen LogP contribution in [0, 0.1) is 0 Å². The van der Waals surface area contributed by atoms with Crippen molar-refractivity contribution in [2.24, 2.45) is 22.3 Å². The Morgan fingerprint density at radius 3 is 3.00 bits per heavy atom. The van der Waals surface area contributed by atoms with E-state index in [1.165, 1.54) is 5.01 Å². The molecule has 0 spiro atoms. The second-order valence-corrected chi connectivity index (χ2v) is 2.79. The molecule has 0 aromatic heterocycles. The fourth-order valence-electron chi connectivity index (χ4n) is 1.32. The minimum absolute atomic E-state index is 0.511. The van der Waals surface area contributed by atoms with Gasteiger partial charge < -0.3 is 16.5 Å². The normalized spacial score (nSPS) is 27.6. The summed E-state index contributed by atoms with van der Waals surface area (Å²) in [5, 5.41) is 1.50. The zero-order valence-electron chi connectivity index (χ0n) is 6.49. The summed E-state index contributed by atoms with van der Waals surface area (Å²) in [7, 11) is 0. The molecule has 0 bridgehead atoms. The topological polar surface area (TPSA) is 98.1 Å². The zero-order chi connectivity index (χ0) is 8.72. The third-order valence-electron chi connectivity index (χ3n) is 1.92. The Balaban J connectivity index is 2.40. The third-order valence-corrected chi connectivity index (χ3v) is 1.92. The van der Waals surface area contributed by atoms with Crippen molar-refractivity contribution < 1.29 is 4.90 Å². The summed E-state index contributed by atoms with van der Waals surface area (Å²) in [5.41, 5.74) is 12.2. The summed E-state index contributed by atoms with van der Waals surface area (Å²) < 4.78 is 0. The van der Waals surface area contributed by atoms with Gasteiger partial charge in [0.15, 0.2) is 11.5 Å². The summed E-state index contributed by atoms with van der Waals surface area (Å²) in [5.74, 6) is 6.69. The van der Waals surface area contributed by atoms with Gasteiger partial charge in [-0.3, -0.25) is 0 Å². The Morgan fingerprint density at radius 2 is 2.25 bits per heavy atom. The minimum atomic E-state index is 0.511. The lowest BCUT2D eigenvalue weighted by atomic mass is 10.3. The van der Waals surface area contributed by atoms with Crippen LogP contribution in [-0.4, -0.2) is 17.9 Å². The number of fused-ring (bicyclic) bond motifs is 1. The van der Waals surface area contributed by atoms with Crippen molar-refractivity contribution in [2.45, 2.75) is 0 Å². The van der Waals surface area contributed by atoms with Crippen LogP contribution in [0.2, 0.25) is 0 Å². The molecule has 6 heteroatoms. The number of hydrogen-bond acceptors (Lipinski definition) is 5. The fraction of sp³-hybridized carbons (Fsp3) is 0.167. The van der Waals surface area contributed by atoms with Gasteiger partial charge in [0.2, 0.25) is 12.2 Å². The monoisotopic (exact) mass is 167 g/mol. The lowest BCUT2D eigenvalue weighted by molar-refractivity contribution is -0.713. The van der Waals surface area contributed by atoms with E-state index < -0.39 is 0 Å². The van der Waals surface area contributed by atoms with Gasteiger partial charge in [-0.1, -0.05) is 0 Å². The highest BCUT2D eigenvalue weighted by Crippen LogP contribution is 2.03. The smallest absolute Gasteiger partial charge is 0.225 e. The Morgan fingerprint density at radius 1 is 1.50 bits per heavy atom. The van der Waals surface area contributed by atoms with Crippen LogP contribution < -0.4 is 22.2 Å². The van der Waals surface area contributed by atoms with E-state index in [0.717, 1.165) is 10.6 Å². The van der Waals surface area contributed by atoms with E-state index in [1.807, 2.05) is 0 Å². The van der Waals surface area contributed by atoms with Crippen LogP contribution in [0.15, 0.2) is 28.5 Å². The molecule has 6 nitrogen and oxygen atoms in total. The molecule has 12 heavy (non-hydrogen) atoms. The van der Waals surface area contributed by atoms with Crippen molar-refractivity contribution in [3.05, 3.63) is 23.5 Å². The van der Waals surface area contributed by atoms with E-state index in [4.69, 9.17) is 17.3 Å². The molecule has 2 aliphatic heterocycles. The molecule has 0 aromatic rings. The van der Waals surface area contributed by atoms with Gasteiger partial charge in [0.1, 0.15) is 6.54 Å². The fourth-order valence-corrected chi connectivity index (χ4v) is 1.32. The molecule has 1 unspecified atom stereocenters. The number of hydrazine groups is 1. The molecule has 1 atom stereocenters. The van der Waals surface area contributed by atoms with E-state index >= 15 is 0 Å². The van der Waals surface area contributed by atoms with E-state index in [-0.39, 0.29) is 0 Å². The van der Waals surface area contributed by atoms with Crippen LogP contribution in [-0.2, 0) is 0 Å². The predicted molar refractivity (Wildman–Crippen MR) is 43.8 cm³/mol. The van der Waals surface area contributed by atoms with Crippen LogP contribution in [0.5, 0.6) is 0 Å². The number of nitrogens with two attached hydrogens (primary N) is 3. The van der Waals surface area contributed by atoms with Gasteiger partial charge in [-0.05, 0) is 0 Å². The molecule has 2 aliphatic rings. The maximum atomic E-state index is 5.69. The van der Waals surface area contributed by atoms with Gasteiger partial charge in [-0.15, -0.1) is 0 Å². The van der Waals surface area contributed by atoms with Gasteiger partial charge >= 0.3 is 0 Å². The molecule has 2 rings (SSSR count). The van der Waals surface area contributed by atoms with Crippen molar-refractivity contribution in [3.8, 4) is 0 Å². The van der Waals surface area contributed by atoms with E-state index in [0.29, 0.717) is 18.2 Å². The number of rotatable bonds is 0. The third kappa shape index (κ3) is 0.858. The van der Waals surface area contributed by atoms with Gasteiger partial charge in [-0.2, -0.15) is 4.99 Å². The maximum Gasteiger partial charge on any atom is 0.225 e. The molecule has 0 amide bonds. The quantitative estimate of drug-likeness (QED) is 0.289. The first-order valence-corrected chi connectivity index (χ1v) is 3.57. The molecule has 0 radical (unpaired) electrons. The largest absolute Gasteiger partial charge is 0.379 e. The summed E-state index contributed by atoms with van der Waals surface area (Å²) in [4.78, 5) is 4.86. The van der Waals surface area contributed by atoms with Gasteiger partial charge in [0.25, 0.3) is 0 Å². The molecule has 0 aliphatic carbocycles. The SMILES string of the molecule is NC1=CN(N)CC2=C(N)N=C[NH+]12.